The van der Waals surface area contributed by atoms with Crippen molar-refractivity contribution in [2.75, 3.05) is 6.54 Å². The molecule has 4 heteroatoms. The highest BCUT2D eigenvalue weighted by molar-refractivity contribution is 9.10. The number of ether oxygens (including phenoxy) is 1. The lowest BCUT2D eigenvalue weighted by Gasteiger charge is -2.15. The molecule has 0 saturated heterocycles. The molecule has 1 N–H and O–H groups in total. The van der Waals surface area contributed by atoms with Crippen molar-refractivity contribution in [3.63, 3.8) is 0 Å². The second kappa shape index (κ2) is 4.37. The standard InChI is InChI=1S/C13H11BrN2O/c14-10-2-1-3-11(7-10)17-12-6-9-4-5-15-13(9)16-8-12/h1-7,12H,8H2,(H,15,16). The maximum atomic E-state index is 5.87. The van der Waals surface area contributed by atoms with Crippen LogP contribution in [0.15, 0.2) is 46.0 Å². The fourth-order valence-electron chi connectivity index (χ4n) is 1.86. The normalized spacial score (nSPS) is 17.8. The second-order valence-corrected chi connectivity index (χ2v) is 4.82. The molecule has 2 heterocycles. The van der Waals surface area contributed by atoms with Crippen LogP contribution >= 0.6 is 15.9 Å². The minimum absolute atomic E-state index is 0.00704. The summed E-state index contributed by atoms with van der Waals surface area (Å²) in [6.45, 7) is 0.653. The largest absolute Gasteiger partial charge is 0.484 e. The van der Waals surface area contributed by atoms with E-state index in [1.807, 2.05) is 36.5 Å². The van der Waals surface area contributed by atoms with Crippen LogP contribution in [0, 0.1) is 0 Å². The van der Waals surface area contributed by atoms with E-state index < -0.39 is 0 Å². The van der Waals surface area contributed by atoms with E-state index >= 15 is 0 Å². The Labute approximate surface area is 107 Å². The third kappa shape index (κ3) is 2.26. The van der Waals surface area contributed by atoms with Gasteiger partial charge in [-0.25, -0.2) is 0 Å². The van der Waals surface area contributed by atoms with Crippen LogP contribution in [0.2, 0.25) is 0 Å². The van der Waals surface area contributed by atoms with Gasteiger partial charge in [0.15, 0.2) is 0 Å². The minimum atomic E-state index is 0.00704. The van der Waals surface area contributed by atoms with Gasteiger partial charge < -0.3 is 9.72 Å². The molecule has 17 heavy (non-hydrogen) atoms. The van der Waals surface area contributed by atoms with Crippen LogP contribution < -0.4 is 15.4 Å². The maximum Gasteiger partial charge on any atom is 0.137 e. The first kappa shape index (κ1) is 10.6. The van der Waals surface area contributed by atoms with Gasteiger partial charge in [0.05, 0.1) is 6.54 Å². The number of aromatic amines is 1. The molecule has 1 aliphatic heterocycles. The lowest BCUT2D eigenvalue weighted by molar-refractivity contribution is 0.268. The Morgan fingerprint density at radius 2 is 2.29 bits per heavy atom. The molecule has 3 rings (SSSR count). The van der Waals surface area contributed by atoms with E-state index in [1.54, 1.807) is 0 Å². The van der Waals surface area contributed by atoms with E-state index in [2.05, 4.69) is 32.0 Å². The molecule has 1 aliphatic rings. The van der Waals surface area contributed by atoms with Gasteiger partial charge in [-0.3, -0.25) is 4.99 Å². The van der Waals surface area contributed by atoms with Crippen LogP contribution in [0.25, 0.3) is 6.08 Å². The Morgan fingerprint density at radius 3 is 3.18 bits per heavy atom. The summed E-state index contributed by atoms with van der Waals surface area (Å²) >= 11 is 3.43. The quantitative estimate of drug-likeness (QED) is 0.897. The molecule has 1 atom stereocenters. The summed E-state index contributed by atoms with van der Waals surface area (Å²) < 4.78 is 6.89. The Balaban J connectivity index is 1.84. The van der Waals surface area contributed by atoms with Gasteiger partial charge in [-0.05, 0) is 30.3 Å². The molecule has 0 spiro atoms. The van der Waals surface area contributed by atoms with Crippen molar-refractivity contribution >= 4 is 22.0 Å². The van der Waals surface area contributed by atoms with Crippen LogP contribution in [0.1, 0.15) is 0 Å². The third-order valence-electron chi connectivity index (χ3n) is 2.63. The van der Waals surface area contributed by atoms with E-state index in [0.717, 1.165) is 20.9 Å². The number of H-pyrrole nitrogens is 1. The third-order valence-corrected chi connectivity index (χ3v) is 3.13. The van der Waals surface area contributed by atoms with Crippen LogP contribution in [0.5, 0.6) is 5.75 Å². The van der Waals surface area contributed by atoms with E-state index in [4.69, 9.17) is 4.74 Å². The highest BCUT2D eigenvalue weighted by Crippen LogP contribution is 2.19. The fraction of sp³-hybridized carbons (Fsp3) is 0.154. The molecule has 1 aromatic carbocycles. The summed E-state index contributed by atoms with van der Waals surface area (Å²) in [7, 11) is 0. The van der Waals surface area contributed by atoms with Crippen molar-refractivity contribution < 1.29 is 4.74 Å². The molecule has 0 aliphatic carbocycles. The summed E-state index contributed by atoms with van der Waals surface area (Å²) in [6.07, 6.45) is 4.00. The van der Waals surface area contributed by atoms with Gasteiger partial charge in [0.2, 0.25) is 0 Å². The van der Waals surface area contributed by atoms with Gasteiger partial charge in [-0.2, -0.15) is 0 Å². The van der Waals surface area contributed by atoms with Gasteiger partial charge in [-0.1, -0.05) is 22.0 Å². The molecule has 0 amide bonds. The zero-order valence-electron chi connectivity index (χ0n) is 9.06. The number of hydrogen-bond acceptors (Lipinski definition) is 2. The van der Waals surface area contributed by atoms with E-state index in [-0.39, 0.29) is 6.10 Å². The molecule has 1 aromatic heterocycles. The van der Waals surface area contributed by atoms with Gasteiger partial charge in [0.25, 0.3) is 0 Å². The van der Waals surface area contributed by atoms with Crippen molar-refractivity contribution in [3.8, 4) is 5.75 Å². The van der Waals surface area contributed by atoms with Crippen molar-refractivity contribution in [3.05, 3.63) is 51.7 Å². The molecule has 1 unspecified atom stereocenters. The highest BCUT2D eigenvalue weighted by atomic mass is 79.9. The Bertz CT molecular complexity index is 647. The first-order valence-electron chi connectivity index (χ1n) is 5.43. The topological polar surface area (TPSA) is 37.4 Å². The van der Waals surface area contributed by atoms with Gasteiger partial charge in [-0.15, -0.1) is 0 Å². The molecular formula is C13H11BrN2O. The smallest absolute Gasteiger partial charge is 0.137 e. The van der Waals surface area contributed by atoms with Crippen LogP contribution in [-0.2, 0) is 0 Å². The zero-order valence-corrected chi connectivity index (χ0v) is 10.6. The SMILES string of the molecule is Brc1cccc(OC2C=c3cc[nH]c3=NC2)c1. The number of benzene rings is 1. The number of hydrogen-bond donors (Lipinski definition) is 1. The summed E-state index contributed by atoms with van der Waals surface area (Å²) in [5, 5.41) is 1.11. The lowest BCUT2D eigenvalue weighted by Crippen LogP contribution is -2.34. The Kier molecular flexibility index (Phi) is 2.73. The lowest BCUT2D eigenvalue weighted by atomic mass is 10.2. The monoisotopic (exact) mass is 290 g/mol. The highest BCUT2D eigenvalue weighted by Gasteiger charge is 2.10. The second-order valence-electron chi connectivity index (χ2n) is 3.90. The van der Waals surface area contributed by atoms with E-state index in [1.165, 1.54) is 0 Å². The molecule has 0 bridgehead atoms. The molecule has 0 fully saturated rings. The zero-order chi connectivity index (χ0) is 11.7. The number of aromatic nitrogens is 1. The van der Waals surface area contributed by atoms with Crippen LogP contribution in [-0.4, -0.2) is 17.6 Å². The van der Waals surface area contributed by atoms with Gasteiger partial charge >= 0.3 is 0 Å². The molecule has 3 nitrogen and oxygen atoms in total. The predicted octanol–water partition coefficient (Wildman–Crippen LogP) is 1.64. The molecule has 0 saturated carbocycles. The fourth-order valence-corrected chi connectivity index (χ4v) is 2.24. The summed E-state index contributed by atoms with van der Waals surface area (Å²) in [6, 6.07) is 9.86. The van der Waals surface area contributed by atoms with Gasteiger partial charge in [0.1, 0.15) is 17.3 Å². The summed E-state index contributed by atoms with van der Waals surface area (Å²) in [5.74, 6) is 0.856. The van der Waals surface area contributed by atoms with E-state index in [9.17, 15) is 0 Å². The molecule has 0 radical (unpaired) electrons. The van der Waals surface area contributed by atoms with E-state index in [0.29, 0.717) is 6.54 Å². The number of fused-ring (bicyclic) bond motifs is 1. The maximum absolute atomic E-state index is 5.87. The number of rotatable bonds is 2. The minimum Gasteiger partial charge on any atom is -0.484 e. The number of nitrogens with zero attached hydrogens (tertiary/aromatic N) is 1. The average Bonchev–Trinajstić information content (AvgIpc) is 2.76. The van der Waals surface area contributed by atoms with Crippen LogP contribution in [0.4, 0.5) is 0 Å². The van der Waals surface area contributed by atoms with Gasteiger partial charge in [0, 0.05) is 15.9 Å². The number of nitrogens with one attached hydrogen (secondary N) is 1. The van der Waals surface area contributed by atoms with Crippen molar-refractivity contribution in [1.29, 1.82) is 0 Å². The molecule has 2 aromatic rings. The summed E-state index contributed by atoms with van der Waals surface area (Å²) in [5.41, 5.74) is 0.944. The van der Waals surface area contributed by atoms with Crippen molar-refractivity contribution in [2.45, 2.75) is 6.10 Å². The number of halogens is 1. The molecular weight excluding hydrogens is 280 g/mol. The van der Waals surface area contributed by atoms with Crippen molar-refractivity contribution in [1.82, 2.24) is 4.98 Å². The average molecular weight is 291 g/mol. The Hall–Kier alpha value is -1.55. The first-order chi connectivity index (χ1) is 8.31. The van der Waals surface area contributed by atoms with Crippen LogP contribution in [0.3, 0.4) is 0 Å². The summed E-state index contributed by atoms with van der Waals surface area (Å²) in [4.78, 5) is 7.52. The predicted molar refractivity (Wildman–Crippen MR) is 69.5 cm³/mol. The first-order valence-corrected chi connectivity index (χ1v) is 6.22. The Morgan fingerprint density at radius 1 is 1.35 bits per heavy atom. The van der Waals surface area contributed by atoms with Crippen molar-refractivity contribution in [2.24, 2.45) is 4.99 Å². The molecule has 86 valence electrons.